The monoisotopic (exact) mass is 632 g/mol. The zero-order chi connectivity index (χ0) is 32.3. The summed E-state index contributed by atoms with van der Waals surface area (Å²) < 4.78 is 11.4. The summed E-state index contributed by atoms with van der Waals surface area (Å²) in [5, 5.41) is 12.6. The van der Waals surface area contributed by atoms with E-state index in [1.807, 2.05) is 18.2 Å². The van der Waals surface area contributed by atoms with E-state index in [1.54, 1.807) is 0 Å². The number of furan rings is 1. The minimum atomic E-state index is -0.226. The second kappa shape index (κ2) is 11.2. The lowest BCUT2D eigenvalue weighted by atomic mass is 10.0. The van der Waals surface area contributed by atoms with Crippen LogP contribution in [0.5, 0.6) is 0 Å². The third kappa shape index (κ3) is 4.44. The molecule has 49 heavy (non-hydrogen) atoms. The number of fused-ring (bicyclic) bond motifs is 7. The van der Waals surface area contributed by atoms with E-state index in [1.165, 1.54) is 27.1 Å². The number of rotatable bonds is 5. The van der Waals surface area contributed by atoms with Gasteiger partial charge in [-0.15, -0.1) is 0 Å². The van der Waals surface area contributed by atoms with Crippen LogP contribution in [0.4, 0.5) is 0 Å². The molecule has 0 amide bonds. The van der Waals surface area contributed by atoms with E-state index in [4.69, 9.17) is 4.42 Å². The zero-order valence-electron chi connectivity index (χ0n) is 26.6. The Hall–Kier alpha value is -6.30. The number of para-hydroxylation sites is 2. The summed E-state index contributed by atoms with van der Waals surface area (Å²) in [5.74, 6) is 1.64. The lowest BCUT2D eigenvalue weighted by molar-refractivity contribution is 0.350. The number of hydrogen-bond donors (Lipinski definition) is 2. The van der Waals surface area contributed by atoms with Crippen LogP contribution in [0.2, 0.25) is 0 Å². The molecular formula is C44H32N4O. The Morgan fingerprint density at radius 1 is 0.510 bits per heavy atom. The smallest absolute Gasteiger partial charge is 0.205 e. The number of hydrogen-bond acceptors (Lipinski definition) is 3. The average molecular weight is 633 g/mol. The second-order valence-electron chi connectivity index (χ2n) is 12.6. The van der Waals surface area contributed by atoms with Crippen LogP contribution in [0.25, 0.3) is 66.5 Å². The maximum Gasteiger partial charge on any atom is 0.205 e. The maximum atomic E-state index is 6.66. The van der Waals surface area contributed by atoms with E-state index in [0.717, 1.165) is 50.5 Å². The molecule has 2 atom stereocenters. The van der Waals surface area contributed by atoms with E-state index in [9.17, 15) is 0 Å². The van der Waals surface area contributed by atoms with Crippen molar-refractivity contribution in [2.24, 2.45) is 0 Å². The quantitative estimate of drug-likeness (QED) is 0.198. The van der Waals surface area contributed by atoms with Crippen molar-refractivity contribution in [3.63, 3.8) is 0 Å². The lowest BCUT2D eigenvalue weighted by Crippen LogP contribution is -2.43. The molecule has 6 aromatic carbocycles. The highest BCUT2D eigenvalue weighted by atomic mass is 16.4. The molecule has 1 aliphatic rings. The first-order chi connectivity index (χ1) is 24.3. The third-order valence-corrected chi connectivity index (χ3v) is 9.84. The summed E-state index contributed by atoms with van der Waals surface area (Å²) in [5.41, 5.74) is 9.07. The van der Waals surface area contributed by atoms with Gasteiger partial charge in [0.2, 0.25) is 5.88 Å². The van der Waals surface area contributed by atoms with Crippen LogP contribution in [0.3, 0.4) is 0 Å². The fourth-order valence-electron chi connectivity index (χ4n) is 7.66. The molecule has 5 nitrogen and oxygen atoms in total. The molecule has 0 saturated heterocycles. The largest absolute Gasteiger partial charge is 0.440 e. The molecular weight excluding hydrogens is 601 g/mol. The molecule has 4 heterocycles. The normalized spacial score (nSPS) is 16.4. The molecule has 0 fully saturated rings. The standard InChI is InChI=1S/C44H32N4O/c1-4-14-29(15-5-1)35-28-36(30-16-6-2-7-17-30)46-44(45-35)47-38-23-13-11-21-34(38)42-39(47)25-24-33-32-20-10-12-22-37(32)48(43(33)42)41-27-26-40(49-41)31-18-8-3-9-19-31/h1-28,35,44-46H. The number of nitrogens with one attached hydrogen (secondary N) is 2. The molecule has 9 aromatic rings. The molecule has 0 aliphatic carbocycles. The minimum absolute atomic E-state index is 0.00794. The van der Waals surface area contributed by atoms with Gasteiger partial charge in [0.15, 0.2) is 6.29 Å². The summed E-state index contributed by atoms with van der Waals surface area (Å²) in [4.78, 5) is 0. The Labute approximate surface area is 283 Å². The first kappa shape index (κ1) is 27.8. The van der Waals surface area contributed by atoms with Crippen LogP contribution < -0.4 is 10.6 Å². The first-order valence-electron chi connectivity index (χ1n) is 16.8. The van der Waals surface area contributed by atoms with Gasteiger partial charge in [-0.25, -0.2) is 0 Å². The van der Waals surface area contributed by atoms with Gasteiger partial charge in [-0.3, -0.25) is 9.88 Å². The second-order valence-corrected chi connectivity index (χ2v) is 12.6. The van der Waals surface area contributed by atoms with Crippen molar-refractivity contribution in [3.05, 3.63) is 181 Å². The van der Waals surface area contributed by atoms with Gasteiger partial charge >= 0.3 is 0 Å². The highest BCUT2D eigenvalue weighted by molar-refractivity contribution is 6.25. The van der Waals surface area contributed by atoms with E-state index in [-0.39, 0.29) is 12.3 Å². The van der Waals surface area contributed by atoms with Crippen LogP contribution in [0.1, 0.15) is 23.5 Å². The van der Waals surface area contributed by atoms with Crippen LogP contribution in [-0.2, 0) is 0 Å². The van der Waals surface area contributed by atoms with Gasteiger partial charge < -0.3 is 14.3 Å². The van der Waals surface area contributed by atoms with Crippen molar-refractivity contribution in [1.82, 2.24) is 19.8 Å². The van der Waals surface area contributed by atoms with Crippen molar-refractivity contribution in [3.8, 4) is 17.2 Å². The lowest BCUT2D eigenvalue weighted by Gasteiger charge is -2.34. The predicted molar refractivity (Wildman–Crippen MR) is 200 cm³/mol. The van der Waals surface area contributed by atoms with Crippen LogP contribution in [0.15, 0.2) is 174 Å². The molecule has 2 N–H and O–H groups in total. The number of benzene rings is 6. The SMILES string of the molecule is C1=C(c2ccccc2)NC(n2c3ccccc3c3c4c(ccc32)c2ccccc2n4-c2ccc(-c3ccccc3)o2)NC1c1ccccc1. The average Bonchev–Trinajstić information content (AvgIpc) is 3.88. The van der Waals surface area contributed by atoms with Crippen LogP contribution in [-0.4, -0.2) is 9.13 Å². The number of aromatic nitrogens is 2. The van der Waals surface area contributed by atoms with Gasteiger partial charge in [0.25, 0.3) is 0 Å². The van der Waals surface area contributed by atoms with Gasteiger partial charge in [0, 0.05) is 38.9 Å². The maximum absolute atomic E-state index is 6.66. The van der Waals surface area contributed by atoms with E-state index >= 15 is 0 Å². The molecule has 10 rings (SSSR count). The summed E-state index contributed by atoms with van der Waals surface area (Å²) >= 11 is 0. The summed E-state index contributed by atoms with van der Waals surface area (Å²) in [6.45, 7) is 0. The Morgan fingerprint density at radius 3 is 1.94 bits per heavy atom. The minimum Gasteiger partial charge on any atom is -0.440 e. The van der Waals surface area contributed by atoms with Crippen LogP contribution >= 0.6 is 0 Å². The van der Waals surface area contributed by atoms with Gasteiger partial charge in [-0.05, 0) is 41.5 Å². The topological polar surface area (TPSA) is 47.1 Å². The van der Waals surface area contributed by atoms with E-state index in [0.29, 0.717) is 0 Å². The molecule has 234 valence electrons. The summed E-state index contributed by atoms with van der Waals surface area (Å²) in [6.07, 6.45) is 2.07. The zero-order valence-corrected chi connectivity index (χ0v) is 26.6. The summed E-state index contributed by atoms with van der Waals surface area (Å²) in [7, 11) is 0. The Bertz CT molecular complexity index is 2660. The molecule has 0 bridgehead atoms. The van der Waals surface area contributed by atoms with Crippen LogP contribution in [0, 0.1) is 0 Å². The summed E-state index contributed by atoms with van der Waals surface area (Å²) in [6, 6.07) is 57.7. The van der Waals surface area contributed by atoms with Gasteiger partial charge in [0.1, 0.15) is 5.76 Å². The molecule has 5 heteroatoms. The molecule has 3 aromatic heterocycles. The predicted octanol–water partition coefficient (Wildman–Crippen LogP) is 10.6. The van der Waals surface area contributed by atoms with Crippen molar-refractivity contribution in [1.29, 1.82) is 0 Å². The number of nitrogens with zero attached hydrogens (tertiary/aromatic N) is 2. The van der Waals surface area contributed by atoms with Gasteiger partial charge in [-0.1, -0.05) is 133 Å². The van der Waals surface area contributed by atoms with E-state index in [2.05, 4.69) is 171 Å². The molecule has 0 radical (unpaired) electrons. The third-order valence-electron chi connectivity index (χ3n) is 9.84. The molecule has 2 unspecified atom stereocenters. The first-order valence-corrected chi connectivity index (χ1v) is 16.8. The fraction of sp³-hybridized carbons (Fsp3) is 0.0455. The Morgan fingerprint density at radius 2 is 1.16 bits per heavy atom. The molecule has 0 saturated carbocycles. The highest BCUT2D eigenvalue weighted by Crippen LogP contribution is 2.43. The van der Waals surface area contributed by atoms with Crippen molar-refractivity contribution < 1.29 is 4.42 Å². The van der Waals surface area contributed by atoms with E-state index < -0.39 is 0 Å². The van der Waals surface area contributed by atoms with Crippen molar-refractivity contribution in [2.75, 3.05) is 0 Å². The van der Waals surface area contributed by atoms with Crippen molar-refractivity contribution >= 4 is 49.3 Å². The Kier molecular flexibility index (Phi) is 6.32. The van der Waals surface area contributed by atoms with Gasteiger partial charge in [-0.2, -0.15) is 0 Å². The molecule has 0 spiro atoms. The molecule has 1 aliphatic heterocycles. The highest BCUT2D eigenvalue weighted by Gasteiger charge is 2.28. The van der Waals surface area contributed by atoms with Crippen molar-refractivity contribution in [2.45, 2.75) is 12.3 Å². The van der Waals surface area contributed by atoms with Gasteiger partial charge in [0.05, 0.1) is 28.1 Å². The fourth-order valence-corrected chi connectivity index (χ4v) is 7.66. The Balaban J connectivity index is 1.23.